The van der Waals surface area contributed by atoms with Gasteiger partial charge in [-0.05, 0) is 27.7 Å². The SMILES string of the molecule is CC(NC(=O)OC(C)(C)C)c1cncn1CC(N)=O. The highest BCUT2D eigenvalue weighted by Gasteiger charge is 2.20. The Morgan fingerprint density at radius 1 is 1.53 bits per heavy atom. The minimum Gasteiger partial charge on any atom is -0.444 e. The van der Waals surface area contributed by atoms with Gasteiger partial charge in [-0.3, -0.25) is 4.79 Å². The molecule has 0 saturated carbocycles. The van der Waals surface area contributed by atoms with Crippen LogP contribution in [0.15, 0.2) is 12.5 Å². The van der Waals surface area contributed by atoms with E-state index in [0.29, 0.717) is 5.69 Å². The minimum atomic E-state index is -0.558. The molecule has 1 aromatic heterocycles. The molecule has 0 saturated heterocycles. The first-order valence-corrected chi connectivity index (χ1v) is 5.97. The third-order valence-electron chi connectivity index (χ3n) is 2.25. The lowest BCUT2D eigenvalue weighted by Crippen LogP contribution is -2.35. The number of amides is 2. The van der Waals surface area contributed by atoms with Crippen molar-refractivity contribution in [3.63, 3.8) is 0 Å². The van der Waals surface area contributed by atoms with Gasteiger partial charge in [-0.15, -0.1) is 0 Å². The van der Waals surface area contributed by atoms with E-state index >= 15 is 0 Å². The molecule has 2 amide bonds. The molecule has 0 aliphatic heterocycles. The van der Waals surface area contributed by atoms with Crippen molar-refractivity contribution >= 4 is 12.0 Å². The second kappa shape index (κ2) is 5.73. The average molecular weight is 268 g/mol. The quantitative estimate of drug-likeness (QED) is 0.849. The van der Waals surface area contributed by atoms with Gasteiger partial charge < -0.3 is 20.4 Å². The molecule has 0 radical (unpaired) electrons. The lowest BCUT2D eigenvalue weighted by atomic mass is 10.2. The molecule has 0 aromatic carbocycles. The molecule has 7 nitrogen and oxygen atoms in total. The van der Waals surface area contributed by atoms with Crippen molar-refractivity contribution in [1.82, 2.24) is 14.9 Å². The molecule has 1 atom stereocenters. The standard InChI is InChI=1S/C12H20N4O3/c1-8(15-11(18)19-12(2,3)4)9-5-14-7-16(9)6-10(13)17/h5,7-8H,6H2,1-4H3,(H2,13,17)(H,15,18). The number of nitrogens with two attached hydrogens (primary N) is 1. The summed E-state index contributed by atoms with van der Waals surface area (Å²) in [7, 11) is 0. The number of carbonyl (C=O) groups excluding carboxylic acids is 2. The molecule has 7 heteroatoms. The summed E-state index contributed by atoms with van der Waals surface area (Å²) in [5, 5.41) is 2.68. The Morgan fingerprint density at radius 3 is 2.68 bits per heavy atom. The summed E-state index contributed by atoms with van der Waals surface area (Å²) in [5.74, 6) is -0.469. The van der Waals surface area contributed by atoms with Crippen molar-refractivity contribution in [2.75, 3.05) is 0 Å². The van der Waals surface area contributed by atoms with Crippen LogP contribution in [0.3, 0.4) is 0 Å². The Kier molecular flexibility index (Phi) is 4.52. The van der Waals surface area contributed by atoms with Crippen molar-refractivity contribution in [3.8, 4) is 0 Å². The first kappa shape index (κ1) is 15.0. The Hall–Kier alpha value is -2.05. The first-order valence-electron chi connectivity index (χ1n) is 5.97. The highest BCUT2D eigenvalue weighted by molar-refractivity contribution is 5.73. The predicted octanol–water partition coefficient (Wildman–Crippen LogP) is 0.954. The van der Waals surface area contributed by atoms with Crippen LogP contribution >= 0.6 is 0 Å². The van der Waals surface area contributed by atoms with Crippen LogP contribution in [-0.4, -0.2) is 27.2 Å². The normalized spacial score (nSPS) is 12.8. The van der Waals surface area contributed by atoms with Crippen LogP contribution in [0.1, 0.15) is 39.4 Å². The molecule has 0 aliphatic carbocycles. The van der Waals surface area contributed by atoms with Crippen molar-refractivity contribution in [2.45, 2.75) is 45.9 Å². The van der Waals surface area contributed by atoms with E-state index in [-0.39, 0.29) is 12.6 Å². The molecular formula is C12H20N4O3. The van der Waals surface area contributed by atoms with E-state index < -0.39 is 17.6 Å². The summed E-state index contributed by atoms with van der Waals surface area (Å²) in [6, 6.07) is -0.336. The van der Waals surface area contributed by atoms with Gasteiger partial charge in [0.15, 0.2) is 0 Å². The zero-order chi connectivity index (χ0) is 14.6. The maximum Gasteiger partial charge on any atom is 0.408 e. The number of carbonyl (C=O) groups is 2. The largest absolute Gasteiger partial charge is 0.444 e. The van der Waals surface area contributed by atoms with E-state index in [9.17, 15) is 9.59 Å². The Labute approximate surface area is 112 Å². The summed E-state index contributed by atoms with van der Waals surface area (Å²) in [6.45, 7) is 7.16. The van der Waals surface area contributed by atoms with Crippen molar-refractivity contribution < 1.29 is 14.3 Å². The van der Waals surface area contributed by atoms with Gasteiger partial charge in [0.25, 0.3) is 0 Å². The van der Waals surface area contributed by atoms with Gasteiger partial charge in [0, 0.05) is 0 Å². The number of nitrogens with zero attached hydrogens (tertiary/aromatic N) is 2. The fourth-order valence-electron chi connectivity index (χ4n) is 1.55. The summed E-state index contributed by atoms with van der Waals surface area (Å²) in [5.41, 5.74) is 5.26. The molecule has 1 rings (SSSR count). The smallest absolute Gasteiger partial charge is 0.408 e. The lowest BCUT2D eigenvalue weighted by Gasteiger charge is -2.22. The fourth-order valence-corrected chi connectivity index (χ4v) is 1.55. The highest BCUT2D eigenvalue weighted by Crippen LogP contribution is 2.13. The number of primary amides is 1. The van der Waals surface area contributed by atoms with Gasteiger partial charge in [-0.25, -0.2) is 9.78 Å². The van der Waals surface area contributed by atoms with Gasteiger partial charge >= 0.3 is 6.09 Å². The van der Waals surface area contributed by atoms with Crippen molar-refractivity contribution in [2.24, 2.45) is 5.73 Å². The summed E-state index contributed by atoms with van der Waals surface area (Å²) in [4.78, 5) is 26.5. The number of alkyl carbamates (subject to hydrolysis) is 1. The lowest BCUT2D eigenvalue weighted by molar-refractivity contribution is -0.118. The second-order valence-electron chi connectivity index (χ2n) is 5.28. The monoisotopic (exact) mass is 268 g/mol. The number of aromatic nitrogens is 2. The van der Waals surface area contributed by atoms with Crippen LogP contribution < -0.4 is 11.1 Å². The number of hydrogen-bond donors (Lipinski definition) is 2. The molecule has 106 valence electrons. The fraction of sp³-hybridized carbons (Fsp3) is 0.583. The number of imidazole rings is 1. The van der Waals surface area contributed by atoms with E-state index in [2.05, 4.69) is 10.3 Å². The van der Waals surface area contributed by atoms with Crippen molar-refractivity contribution in [1.29, 1.82) is 0 Å². The zero-order valence-electron chi connectivity index (χ0n) is 11.6. The van der Waals surface area contributed by atoms with E-state index in [1.807, 2.05) is 0 Å². The highest BCUT2D eigenvalue weighted by atomic mass is 16.6. The van der Waals surface area contributed by atoms with Gasteiger partial charge in [0.2, 0.25) is 5.91 Å². The van der Waals surface area contributed by atoms with Gasteiger partial charge in [-0.2, -0.15) is 0 Å². The third-order valence-corrected chi connectivity index (χ3v) is 2.25. The van der Waals surface area contributed by atoms with E-state index in [1.165, 1.54) is 6.33 Å². The number of hydrogen-bond acceptors (Lipinski definition) is 4. The minimum absolute atomic E-state index is 0.0235. The molecule has 1 aromatic rings. The number of nitrogens with one attached hydrogen (secondary N) is 1. The van der Waals surface area contributed by atoms with Gasteiger partial charge in [0.05, 0.1) is 24.3 Å². The number of ether oxygens (including phenoxy) is 1. The molecule has 1 unspecified atom stereocenters. The average Bonchev–Trinajstić information content (AvgIpc) is 2.61. The second-order valence-corrected chi connectivity index (χ2v) is 5.28. The van der Waals surface area contributed by atoms with Crippen molar-refractivity contribution in [3.05, 3.63) is 18.2 Å². The van der Waals surface area contributed by atoms with Crippen LogP contribution in [-0.2, 0) is 16.1 Å². The maximum atomic E-state index is 11.6. The van der Waals surface area contributed by atoms with Crippen LogP contribution in [0.5, 0.6) is 0 Å². The molecule has 0 spiro atoms. The topological polar surface area (TPSA) is 99.2 Å². The summed E-state index contributed by atoms with van der Waals surface area (Å²) < 4.78 is 6.74. The van der Waals surface area contributed by atoms with Crippen LogP contribution in [0, 0.1) is 0 Å². The van der Waals surface area contributed by atoms with Gasteiger partial charge in [0.1, 0.15) is 12.1 Å². The van der Waals surface area contributed by atoms with E-state index in [1.54, 1.807) is 38.5 Å². The molecule has 1 heterocycles. The Balaban J connectivity index is 2.68. The maximum absolute atomic E-state index is 11.6. The molecule has 0 fully saturated rings. The molecule has 0 bridgehead atoms. The van der Waals surface area contributed by atoms with Crippen LogP contribution in [0.25, 0.3) is 0 Å². The van der Waals surface area contributed by atoms with Crippen LogP contribution in [0.2, 0.25) is 0 Å². The molecular weight excluding hydrogens is 248 g/mol. The predicted molar refractivity (Wildman–Crippen MR) is 69.2 cm³/mol. The Morgan fingerprint density at radius 2 is 2.16 bits per heavy atom. The molecule has 19 heavy (non-hydrogen) atoms. The van der Waals surface area contributed by atoms with Crippen LogP contribution in [0.4, 0.5) is 4.79 Å². The van der Waals surface area contributed by atoms with E-state index in [0.717, 1.165) is 0 Å². The molecule has 3 N–H and O–H groups in total. The summed E-state index contributed by atoms with van der Waals surface area (Å²) in [6.07, 6.45) is 2.55. The number of rotatable bonds is 4. The zero-order valence-corrected chi connectivity index (χ0v) is 11.6. The Bertz CT molecular complexity index is 462. The van der Waals surface area contributed by atoms with Gasteiger partial charge in [-0.1, -0.05) is 0 Å². The first-order chi connectivity index (χ1) is 8.69. The summed E-state index contributed by atoms with van der Waals surface area (Å²) >= 11 is 0. The molecule has 0 aliphatic rings. The third kappa shape index (κ3) is 4.99. The van der Waals surface area contributed by atoms with E-state index in [4.69, 9.17) is 10.5 Å².